The van der Waals surface area contributed by atoms with Crippen LogP contribution < -0.4 is 10.6 Å². The smallest absolute Gasteiger partial charge is 0.408 e. The minimum atomic E-state index is -0.634. The third-order valence-electron chi connectivity index (χ3n) is 3.40. The highest BCUT2D eigenvalue weighted by Crippen LogP contribution is 2.17. The minimum Gasteiger partial charge on any atom is -0.466 e. The van der Waals surface area contributed by atoms with Crippen molar-refractivity contribution in [2.45, 2.75) is 52.7 Å². The maximum absolute atomic E-state index is 11.8. The second-order valence-electron chi connectivity index (χ2n) is 6.85. The van der Waals surface area contributed by atoms with Gasteiger partial charge in [0.2, 0.25) is 5.91 Å². The van der Waals surface area contributed by atoms with Crippen molar-refractivity contribution in [3.8, 4) is 0 Å². The summed E-state index contributed by atoms with van der Waals surface area (Å²) in [5.74, 6) is -0.918. The minimum absolute atomic E-state index is 0.160. The highest BCUT2D eigenvalue weighted by atomic mass is 16.6. The molecule has 1 aromatic rings. The average molecular weight is 364 g/mol. The van der Waals surface area contributed by atoms with Crippen LogP contribution in [0.4, 0.5) is 4.79 Å². The molecule has 0 saturated carbocycles. The number of ether oxygens (including phenoxy) is 2. The van der Waals surface area contributed by atoms with Crippen LogP contribution in [-0.4, -0.2) is 36.7 Å². The maximum atomic E-state index is 11.8. The molecule has 0 spiro atoms. The Kier molecular flexibility index (Phi) is 8.09. The van der Waals surface area contributed by atoms with Crippen LogP contribution in [0.1, 0.15) is 51.7 Å². The molecule has 1 atom stereocenters. The van der Waals surface area contributed by atoms with Crippen LogP contribution >= 0.6 is 0 Å². The summed E-state index contributed by atoms with van der Waals surface area (Å²) in [7, 11) is 0. The van der Waals surface area contributed by atoms with Gasteiger partial charge < -0.3 is 20.1 Å². The summed E-state index contributed by atoms with van der Waals surface area (Å²) in [5.41, 5.74) is 1.13. The lowest BCUT2D eigenvalue weighted by molar-refractivity contribution is -0.144. The van der Waals surface area contributed by atoms with E-state index < -0.39 is 11.7 Å². The zero-order chi connectivity index (χ0) is 19.7. The largest absolute Gasteiger partial charge is 0.466 e. The van der Waals surface area contributed by atoms with Gasteiger partial charge in [0, 0.05) is 6.54 Å². The molecule has 144 valence electrons. The molecule has 0 aromatic heterocycles. The van der Waals surface area contributed by atoms with Crippen molar-refractivity contribution < 1.29 is 23.9 Å². The molecule has 2 N–H and O–H groups in total. The molecule has 0 heterocycles. The van der Waals surface area contributed by atoms with Gasteiger partial charge in [0.1, 0.15) is 12.1 Å². The second kappa shape index (κ2) is 9.79. The van der Waals surface area contributed by atoms with E-state index in [1.165, 1.54) is 0 Å². The van der Waals surface area contributed by atoms with Gasteiger partial charge in [-0.1, -0.05) is 24.3 Å². The van der Waals surface area contributed by atoms with E-state index >= 15 is 0 Å². The summed E-state index contributed by atoms with van der Waals surface area (Å²) in [5, 5.41) is 5.11. The number of carbonyl (C=O) groups is 3. The van der Waals surface area contributed by atoms with E-state index in [9.17, 15) is 14.4 Å². The Balaban J connectivity index is 2.42. The van der Waals surface area contributed by atoms with Crippen LogP contribution in [-0.2, 0) is 25.6 Å². The van der Waals surface area contributed by atoms with Crippen LogP contribution in [0.2, 0.25) is 0 Å². The van der Waals surface area contributed by atoms with Crippen molar-refractivity contribution in [1.82, 2.24) is 10.6 Å². The van der Waals surface area contributed by atoms with Gasteiger partial charge >= 0.3 is 12.1 Å². The molecule has 2 amide bonds. The van der Waals surface area contributed by atoms with Crippen molar-refractivity contribution >= 4 is 18.0 Å². The first-order valence-corrected chi connectivity index (χ1v) is 8.61. The van der Waals surface area contributed by atoms with Crippen molar-refractivity contribution in [2.75, 3.05) is 13.2 Å². The van der Waals surface area contributed by atoms with Gasteiger partial charge in [-0.05, 0) is 45.7 Å². The molecule has 1 unspecified atom stereocenters. The third kappa shape index (κ3) is 8.00. The normalized spacial score (nSPS) is 12.0. The number of hydrogen-bond donors (Lipinski definition) is 2. The topological polar surface area (TPSA) is 93.7 Å². The first-order valence-electron chi connectivity index (χ1n) is 8.61. The summed E-state index contributed by atoms with van der Waals surface area (Å²) >= 11 is 0. The third-order valence-corrected chi connectivity index (χ3v) is 3.40. The number of esters is 1. The van der Waals surface area contributed by atoms with Crippen molar-refractivity contribution in [3.63, 3.8) is 0 Å². The SMILES string of the molecule is CCOC(=O)C(C)c1ccc(CNC(=O)CNC(=O)OC(C)(C)C)cc1. The van der Waals surface area contributed by atoms with Crippen molar-refractivity contribution in [3.05, 3.63) is 35.4 Å². The number of hydrogen-bond acceptors (Lipinski definition) is 5. The Morgan fingerprint density at radius 3 is 2.23 bits per heavy atom. The number of carbonyl (C=O) groups excluding carboxylic acids is 3. The molecule has 1 rings (SSSR count). The summed E-state index contributed by atoms with van der Waals surface area (Å²) in [4.78, 5) is 35.0. The Hall–Kier alpha value is -2.57. The molecule has 0 fully saturated rings. The molecule has 0 aliphatic heterocycles. The molecular formula is C19H28N2O5. The highest BCUT2D eigenvalue weighted by Gasteiger charge is 2.17. The summed E-state index contributed by atoms with van der Waals surface area (Å²) in [6.07, 6.45) is -0.634. The lowest BCUT2D eigenvalue weighted by Gasteiger charge is -2.19. The maximum Gasteiger partial charge on any atom is 0.408 e. The second-order valence-corrected chi connectivity index (χ2v) is 6.85. The highest BCUT2D eigenvalue weighted by molar-refractivity contribution is 5.82. The summed E-state index contributed by atoms with van der Waals surface area (Å²) in [6, 6.07) is 7.35. The average Bonchev–Trinajstić information content (AvgIpc) is 2.56. The van der Waals surface area contributed by atoms with E-state index in [0.29, 0.717) is 13.2 Å². The molecular weight excluding hydrogens is 336 g/mol. The van der Waals surface area contributed by atoms with Crippen molar-refractivity contribution in [1.29, 1.82) is 0 Å². The zero-order valence-electron chi connectivity index (χ0n) is 16.0. The number of rotatable bonds is 7. The number of amides is 2. The molecule has 0 aliphatic carbocycles. The van der Waals surface area contributed by atoms with Crippen LogP contribution in [0.3, 0.4) is 0 Å². The van der Waals surface area contributed by atoms with Crippen LogP contribution in [0, 0.1) is 0 Å². The summed E-state index contributed by atoms with van der Waals surface area (Å²) in [6.45, 7) is 9.32. The van der Waals surface area contributed by atoms with Gasteiger partial charge in [0.15, 0.2) is 0 Å². The van der Waals surface area contributed by atoms with Gasteiger partial charge in [-0.3, -0.25) is 9.59 Å². The zero-order valence-corrected chi connectivity index (χ0v) is 16.0. The van der Waals surface area contributed by atoms with Gasteiger partial charge in [-0.15, -0.1) is 0 Å². The Bertz CT molecular complexity index is 620. The Morgan fingerprint density at radius 1 is 1.08 bits per heavy atom. The molecule has 0 radical (unpaired) electrons. The first-order chi connectivity index (χ1) is 12.1. The fraction of sp³-hybridized carbons (Fsp3) is 0.526. The number of nitrogens with one attached hydrogen (secondary N) is 2. The lowest BCUT2D eigenvalue weighted by atomic mass is 10.00. The predicted octanol–water partition coefficient (Wildman–Crippen LogP) is 2.49. The molecule has 0 aliphatic rings. The lowest BCUT2D eigenvalue weighted by Crippen LogP contribution is -2.39. The van der Waals surface area contributed by atoms with Gasteiger partial charge in [-0.25, -0.2) is 4.79 Å². The van der Waals surface area contributed by atoms with Gasteiger partial charge in [0.25, 0.3) is 0 Å². The quantitative estimate of drug-likeness (QED) is 0.725. The predicted molar refractivity (Wildman–Crippen MR) is 97.6 cm³/mol. The molecule has 0 saturated heterocycles. The van der Waals surface area contributed by atoms with E-state index in [2.05, 4.69) is 10.6 Å². The Labute approximate surface area is 154 Å². The fourth-order valence-corrected chi connectivity index (χ4v) is 2.06. The van der Waals surface area contributed by atoms with E-state index in [1.807, 2.05) is 24.3 Å². The standard InChI is InChI=1S/C19H28N2O5/c1-6-25-17(23)13(2)15-9-7-14(8-10-15)11-20-16(22)12-21-18(24)26-19(3,4)5/h7-10,13H,6,11-12H2,1-5H3,(H,20,22)(H,21,24). The van der Waals surface area contributed by atoms with E-state index in [-0.39, 0.29) is 24.3 Å². The van der Waals surface area contributed by atoms with Crippen LogP contribution in [0.5, 0.6) is 0 Å². The summed E-state index contributed by atoms with van der Waals surface area (Å²) < 4.78 is 10.1. The molecule has 7 nitrogen and oxygen atoms in total. The fourth-order valence-electron chi connectivity index (χ4n) is 2.06. The van der Waals surface area contributed by atoms with Crippen LogP contribution in [0.15, 0.2) is 24.3 Å². The molecule has 1 aromatic carbocycles. The van der Waals surface area contributed by atoms with E-state index in [1.54, 1.807) is 34.6 Å². The monoisotopic (exact) mass is 364 g/mol. The Morgan fingerprint density at radius 2 is 1.69 bits per heavy atom. The van der Waals surface area contributed by atoms with E-state index in [0.717, 1.165) is 11.1 Å². The number of alkyl carbamates (subject to hydrolysis) is 1. The molecule has 0 bridgehead atoms. The first kappa shape index (κ1) is 21.5. The van der Waals surface area contributed by atoms with Gasteiger partial charge in [-0.2, -0.15) is 0 Å². The molecule has 7 heteroatoms. The number of benzene rings is 1. The molecule has 26 heavy (non-hydrogen) atoms. The van der Waals surface area contributed by atoms with Crippen LogP contribution in [0.25, 0.3) is 0 Å². The van der Waals surface area contributed by atoms with E-state index in [4.69, 9.17) is 9.47 Å². The van der Waals surface area contributed by atoms with Crippen molar-refractivity contribution in [2.24, 2.45) is 0 Å². The van der Waals surface area contributed by atoms with Gasteiger partial charge in [0.05, 0.1) is 12.5 Å².